The minimum Gasteiger partial charge on any atom is -0.313 e. The third kappa shape index (κ3) is 3.11. The van der Waals surface area contributed by atoms with E-state index >= 15 is 0 Å². The number of pyridine rings is 1. The number of halogens is 2. The van der Waals surface area contributed by atoms with Gasteiger partial charge in [-0.2, -0.15) is 0 Å². The number of hydrogen-bond acceptors (Lipinski definition) is 2. The van der Waals surface area contributed by atoms with Crippen molar-refractivity contribution in [3.63, 3.8) is 0 Å². The van der Waals surface area contributed by atoms with Crippen LogP contribution >= 0.6 is 11.6 Å². The van der Waals surface area contributed by atoms with Gasteiger partial charge >= 0.3 is 0 Å². The fraction of sp³-hybridized carbons (Fsp3) is 0.267. The van der Waals surface area contributed by atoms with Gasteiger partial charge in [0.25, 0.3) is 0 Å². The second kappa shape index (κ2) is 6.13. The molecule has 1 unspecified atom stereocenters. The number of likely N-dealkylation sites (N-methyl/N-ethyl adjacent to an activating group) is 1. The van der Waals surface area contributed by atoms with Crippen LogP contribution in [0.5, 0.6) is 0 Å². The monoisotopic (exact) mass is 278 g/mol. The molecule has 0 spiro atoms. The van der Waals surface area contributed by atoms with Crippen LogP contribution in [0.1, 0.15) is 22.7 Å². The topological polar surface area (TPSA) is 24.9 Å². The fourth-order valence-corrected chi connectivity index (χ4v) is 2.29. The highest BCUT2D eigenvalue weighted by atomic mass is 35.5. The molecule has 0 aliphatic rings. The number of nitrogens with zero attached hydrogens (tertiary/aromatic N) is 1. The molecule has 4 heteroatoms. The summed E-state index contributed by atoms with van der Waals surface area (Å²) in [4.78, 5) is 3.96. The van der Waals surface area contributed by atoms with E-state index in [1.165, 1.54) is 0 Å². The summed E-state index contributed by atoms with van der Waals surface area (Å²) in [6.07, 6.45) is 3.93. The molecule has 0 fully saturated rings. The fourth-order valence-electron chi connectivity index (χ4n) is 2.10. The van der Waals surface area contributed by atoms with Crippen LogP contribution in [0, 0.1) is 12.7 Å². The van der Waals surface area contributed by atoms with Crippen molar-refractivity contribution < 1.29 is 4.39 Å². The van der Waals surface area contributed by atoms with E-state index in [2.05, 4.69) is 10.3 Å². The average Bonchev–Trinajstić information content (AvgIpc) is 2.41. The molecule has 0 saturated heterocycles. The largest absolute Gasteiger partial charge is 0.313 e. The number of aryl methyl sites for hydroxylation is 1. The first-order valence-electron chi connectivity index (χ1n) is 6.14. The minimum atomic E-state index is -0.160. The summed E-state index contributed by atoms with van der Waals surface area (Å²) in [5, 5.41) is 3.75. The zero-order valence-corrected chi connectivity index (χ0v) is 11.7. The summed E-state index contributed by atoms with van der Waals surface area (Å²) >= 11 is 6.10. The number of hydrogen-bond donors (Lipinski definition) is 1. The van der Waals surface area contributed by atoms with Crippen molar-refractivity contribution in [3.8, 4) is 0 Å². The van der Waals surface area contributed by atoms with Crippen molar-refractivity contribution in [2.24, 2.45) is 0 Å². The van der Waals surface area contributed by atoms with Gasteiger partial charge in [0.2, 0.25) is 0 Å². The molecule has 0 aliphatic carbocycles. The van der Waals surface area contributed by atoms with Crippen molar-refractivity contribution in [3.05, 3.63) is 64.2 Å². The van der Waals surface area contributed by atoms with Crippen LogP contribution in [-0.2, 0) is 6.42 Å². The zero-order chi connectivity index (χ0) is 13.8. The number of nitrogens with one attached hydrogen (secondary N) is 1. The Morgan fingerprint density at radius 2 is 2.16 bits per heavy atom. The normalized spacial score (nSPS) is 12.4. The van der Waals surface area contributed by atoms with Gasteiger partial charge < -0.3 is 5.32 Å². The van der Waals surface area contributed by atoms with E-state index in [0.717, 1.165) is 5.56 Å². The maximum Gasteiger partial charge on any atom is 0.130 e. The molecule has 1 aromatic heterocycles. The van der Waals surface area contributed by atoms with Crippen LogP contribution < -0.4 is 5.32 Å². The standard InChI is InChI=1S/C15H16ClFN2/c1-10-4-3-5-12(15(10)17)14(18-2)8-11-6-7-19-9-13(11)16/h3-7,9,14,18H,8H2,1-2H3. The van der Waals surface area contributed by atoms with Gasteiger partial charge in [0.15, 0.2) is 0 Å². The highest BCUT2D eigenvalue weighted by Gasteiger charge is 2.16. The Labute approximate surface area is 117 Å². The molecule has 100 valence electrons. The van der Waals surface area contributed by atoms with Crippen molar-refractivity contribution in [2.75, 3.05) is 7.05 Å². The van der Waals surface area contributed by atoms with Crippen LogP contribution in [-0.4, -0.2) is 12.0 Å². The summed E-state index contributed by atoms with van der Waals surface area (Å²) in [5.41, 5.74) is 2.27. The summed E-state index contributed by atoms with van der Waals surface area (Å²) in [6, 6.07) is 7.19. The number of rotatable bonds is 4. The van der Waals surface area contributed by atoms with Crippen molar-refractivity contribution in [1.29, 1.82) is 0 Å². The van der Waals surface area contributed by atoms with Gasteiger partial charge in [-0.25, -0.2) is 4.39 Å². The smallest absolute Gasteiger partial charge is 0.130 e. The van der Waals surface area contributed by atoms with Gasteiger partial charge in [-0.1, -0.05) is 29.8 Å². The lowest BCUT2D eigenvalue weighted by molar-refractivity contribution is 0.529. The first-order chi connectivity index (χ1) is 9.13. The van der Waals surface area contributed by atoms with E-state index in [-0.39, 0.29) is 11.9 Å². The molecule has 1 aromatic carbocycles. The molecular formula is C15H16ClFN2. The number of benzene rings is 1. The lowest BCUT2D eigenvalue weighted by atomic mass is 9.97. The first kappa shape index (κ1) is 14.0. The number of aromatic nitrogens is 1. The Bertz CT molecular complexity index is 572. The molecule has 19 heavy (non-hydrogen) atoms. The van der Waals surface area contributed by atoms with Crippen molar-refractivity contribution >= 4 is 11.6 Å². The summed E-state index contributed by atoms with van der Waals surface area (Å²) in [7, 11) is 1.82. The van der Waals surface area contributed by atoms with Gasteiger partial charge in [-0.05, 0) is 37.6 Å². The molecule has 1 atom stereocenters. The van der Waals surface area contributed by atoms with E-state index in [4.69, 9.17) is 11.6 Å². The molecule has 2 rings (SSSR count). The quantitative estimate of drug-likeness (QED) is 0.923. The van der Waals surface area contributed by atoms with E-state index in [1.807, 2.05) is 19.2 Å². The van der Waals surface area contributed by atoms with Crippen LogP contribution in [0.15, 0.2) is 36.7 Å². The maximum atomic E-state index is 14.2. The molecule has 2 nitrogen and oxygen atoms in total. The van der Waals surface area contributed by atoms with Gasteiger partial charge in [0.05, 0.1) is 5.02 Å². The Morgan fingerprint density at radius 1 is 1.37 bits per heavy atom. The highest BCUT2D eigenvalue weighted by molar-refractivity contribution is 6.31. The lowest BCUT2D eigenvalue weighted by Gasteiger charge is -2.18. The summed E-state index contributed by atoms with van der Waals surface area (Å²) in [6.45, 7) is 1.77. The maximum absolute atomic E-state index is 14.2. The molecule has 1 heterocycles. The second-order valence-electron chi connectivity index (χ2n) is 4.49. The third-order valence-electron chi connectivity index (χ3n) is 3.23. The Balaban J connectivity index is 2.31. The minimum absolute atomic E-state index is 0.111. The average molecular weight is 279 g/mol. The lowest BCUT2D eigenvalue weighted by Crippen LogP contribution is -2.20. The van der Waals surface area contributed by atoms with E-state index in [1.54, 1.807) is 31.5 Å². The molecule has 0 amide bonds. The SMILES string of the molecule is CNC(Cc1ccncc1Cl)c1cccc(C)c1F. The van der Waals surface area contributed by atoms with E-state index < -0.39 is 0 Å². The highest BCUT2D eigenvalue weighted by Crippen LogP contribution is 2.25. The Hall–Kier alpha value is -1.45. The van der Waals surface area contributed by atoms with Crippen LogP contribution in [0.4, 0.5) is 4.39 Å². The van der Waals surface area contributed by atoms with E-state index in [0.29, 0.717) is 22.6 Å². The summed E-state index contributed by atoms with van der Waals surface area (Å²) in [5.74, 6) is -0.160. The van der Waals surface area contributed by atoms with Crippen LogP contribution in [0.25, 0.3) is 0 Å². The van der Waals surface area contributed by atoms with Gasteiger partial charge in [0, 0.05) is 24.0 Å². The van der Waals surface area contributed by atoms with Crippen LogP contribution in [0.3, 0.4) is 0 Å². The molecule has 1 N–H and O–H groups in total. The van der Waals surface area contributed by atoms with Gasteiger partial charge in [0.1, 0.15) is 5.82 Å². The molecule has 0 bridgehead atoms. The molecular weight excluding hydrogens is 263 g/mol. The molecule has 0 saturated carbocycles. The van der Waals surface area contributed by atoms with Crippen molar-refractivity contribution in [2.45, 2.75) is 19.4 Å². The van der Waals surface area contributed by atoms with Gasteiger partial charge in [-0.3, -0.25) is 4.98 Å². The molecule has 2 aromatic rings. The first-order valence-corrected chi connectivity index (χ1v) is 6.52. The second-order valence-corrected chi connectivity index (χ2v) is 4.90. The predicted molar refractivity (Wildman–Crippen MR) is 75.9 cm³/mol. The third-order valence-corrected chi connectivity index (χ3v) is 3.57. The Kier molecular flexibility index (Phi) is 4.51. The molecule has 0 radical (unpaired) electrons. The molecule has 0 aliphatic heterocycles. The van der Waals surface area contributed by atoms with E-state index in [9.17, 15) is 4.39 Å². The van der Waals surface area contributed by atoms with Crippen LogP contribution in [0.2, 0.25) is 5.02 Å². The van der Waals surface area contributed by atoms with Gasteiger partial charge in [-0.15, -0.1) is 0 Å². The zero-order valence-electron chi connectivity index (χ0n) is 11.0. The predicted octanol–water partition coefficient (Wildman–Crippen LogP) is 3.69. The van der Waals surface area contributed by atoms with Crippen molar-refractivity contribution in [1.82, 2.24) is 10.3 Å². The summed E-state index contributed by atoms with van der Waals surface area (Å²) < 4.78 is 14.2. The Morgan fingerprint density at radius 3 is 2.84 bits per heavy atom.